The van der Waals surface area contributed by atoms with E-state index in [0.717, 1.165) is 31.5 Å². The predicted molar refractivity (Wildman–Crippen MR) is 136 cm³/mol. The lowest BCUT2D eigenvalue weighted by Gasteiger charge is -2.37. The Kier molecular flexibility index (Phi) is 9.49. The number of carboxylic acid groups (broad SMARTS) is 1. The monoisotopic (exact) mass is 479 g/mol. The summed E-state index contributed by atoms with van der Waals surface area (Å²) in [6.45, 7) is 3.56. The number of hydrogen-bond donors (Lipinski definition) is 2. The van der Waals surface area contributed by atoms with E-state index in [0.29, 0.717) is 32.7 Å². The number of carbonyl (C=O) groups is 1. The molecule has 2 aromatic rings. The highest BCUT2D eigenvalue weighted by Crippen LogP contribution is 2.36. The van der Waals surface area contributed by atoms with Crippen LogP contribution in [0.3, 0.4) is 0 Å². The minimum Gasteiger partial charge on any atom is -0.481 e. The molecule has 4 rings (SSSR count). The number of carboxylic acids is 1. The number of morpholine rings is 1. The summed E-state index contributed by atoms with van der Waals surface area (Å²) in [5, 5.41) is 19.8. The summed E-state index contributed by atoms with van der Waals surface area (Å²) in [6, 6.07) is 18.9. The van der Waals surface area contributed by atoms with E-state index in [4.69, 9.17) is 14.6 Å². The van der Waals surface area contributed by atoms with E-state index in [1.54, 1.807) is 0 Å². The normalized spacial score (nSPS) is 25.3. The van der Waals surface area contributed by atoms with Crippen LogP contribution in [-0.4, -0.2) is 65.6 Å². The van der Waals surface area contributed by atoms with Crippen LogP contribution < -0.4 is 0 Å². The second-order valence-electron chi connectivity index (χ2n) is 9.51. The first-order valence-corrected chi connectivity index (χ1v) is 12.7. The van der Waals surface area contributed by atoms with Crippen LogP contribution in [0.25, 0.3) is 11.1 Å². The molecule has 0 unspecified atom stereocenters. The second-order valence-corrected chi connectivity index (χ2v) is 9.51. The maximum absolute atomic E-state index is 11.0. The maximum atomic E-state index is 11.0. The molecule has 1 aliphatic heterocycles. The van der Waals surface area contributed by atoms with Gasteiger partial charge in [0.1, 0.15) is 0 Å². The molecule has 2 aromatic carbocycles. The van der Waals surface area contributed by atoms with E-state index < -0.39 is 12.1 Å². The molecule has 188 valence electrons. The van der Waals surface area contributed by atoms with Crippen LogP contribution >= 0.6 is 0 Å². The highest BCUT2D eigenvalue weighted by atomic mass is 16.5. The zero-order chi connectivity index (χ0) is 24.5. The first kappa shape index (κ1) is 25.6. The van der Waals surface area contributed by atoms with Gasteiger partial charge in [-0.05, 0) is 36.0 Å². The third-order valence-electron chi connectivity index (χ3n) is 7.11. The molecule has 1 saturated heterocycles. The van der Waals surface area contributed by atoms with Crippen molar-refractivity contribution < 1.29 is 24.5 Å². The SMILES string of the molecule is O=C(O)CCC/C=C\C[C@@H]1[C@@H](N2CCOCC2)[C@@H](O)C[C@@H]1OCc1ccc(-c2ccccc2)cc1. The highest BCUT2D eigenvalue weighted by molar-refractivity contribution is 5.66. The lowest BCUT2D eigenvalue weighted by molar-refractivity contribution is -0.137. The standard InChI is InChI=1S/C29H37NO5/c31-26-20-27(35-21-22-12-14-24(15-13-22)23-8-4-3-5-9-23)25(10-6-1-2-7-11-28(32)33)29(26)30-16-18-34-19-17-30/h1,3-6,8-9,12-15,25-27,29,31H,2,7,10-11,16-21H2,(H,32,33)/b6-1-/t25-,26-,27-,29+/m0/s1. The van der Waals surface area contributed by atoms with Crippen LogP contribution in [0.4, 0.5) is 0 Å². The number of hydrogen-bond acceptors (Lipinski definition) is 5. The average molecular weight is 480 g/mol. The van der Waals surface area contributed by atoms with Crippen LogP contribution in [0.15, 0.2) is 66.7 Å². The van der Waals surface area contributed by atoms with Gasteiger partial charge in [-0.2, -0.15) is 0 Å². The molecular formula is C29H37NO5. The smallest absolute Gasteiger partial charge is 0.303 e. The van der Waals surface area contributed by atoms with Crippen LogP contribution in [0.1, 0.15) is 37.7 Å². The highest BCUT2D eigenvalue weighted by Gasteiger charge is 2.45. The first-order valence-electron chi connectivity index (χ1n) is 12.7. The Morgan fingerprint density at radius 3 is 2.46 bits per heavy atom. The lowest BCUT2D eigenvalue weighted by atomic mass is 9.94. The van der Waals surface area contributed by atoms with Crippen LogP contribution in [0.5, 0.6) is 0 Å². The van der Waals surface area contributed by atoms with E-state index in [-0.39, 0.29) is 24.5 Å². The molecule has 6 nitrogen and oxygen atoms in total. The molecule has 1 heterocycles. The third-order valence-corrected chi connectivity index (χ3v) is 7.11. The van der Waals surface area contributed by atoms with Crippen LogP contribution in [0.2, 0.25) is 0 Å². The second kappa shape index (κ2) is 13.0. The number of benzene rings is 2. The topological polar surface area (TPSA) is 79.2 Å². The Balaban J connectivity index is 1.38. The average Bonchev–Trinajstić information content (AvgIpc) is 3.20. The van der Waals surface area contributed by atoms with E-state index in [1.807, 2.05) is 18.2 Å². The van der Waals surface area contributed by atoms with Crippen LogP contribution in [-0.2, 0) is 20.9 Å². The Labute approximate surface area is 208 Å². The fraction of sp³-hybridized carbons (Fsp3) is 0.483. The number of aliphatic carboxylic acids is 1. The van der Waals surface area contributed by atoms with Gasteiger partial charge in [-0.3, -0.25) is 9.69 Å². The summed E-state index contributed by atoms with van der Waals surface area (Å²) in [5.41, 5.74) is 3.50. The summed E-state index contributed by atoms with van der Waals surface area (Å²) in [5.74, 6) is -0.572. The summed E-state index contributed by atoms with van der Waals surface area (Å²) in [4.78, 5) is 13.1. The fourth-order valence-electron chi connectivity index (χ4n) is 5.30. The zero-order valence-corrected chi connectivity index (χ0v) is 20.3. The van der Waals surface area contributed by atoms with Gasteiger partial charge in [-0.25, -0.2) is 0 Å². The van der Waals surface area contributed by atoms with Gasteiger partial charge >= 0.3 is 5.97 Å². The maximum Gasteiger partial charge on any atom is 0.303 e. The molecule has 4 atom stereocenters. The molecular weight excluding hydrogens is 442 g/mol. The van der Waals surface area contributed by atoms with Gasteiger partial charge in [0, 0.05) is 37.9 Å². The van der Waals surface area contributed by atoms with Crippen molar-refractivity contribution in [2.24, 2.45) is 5.92 Å². The van der Waals surface area contributed by atoms with Gasteiger partial charge in [0.2, 0.25) is 0 Å². The molecule has 2 aliphatic rings. The summed E-state index contributed by atoms with van der Waals surface area (Å²) in [6.07, 6.45) is 6.78. The molecule has 35 heavy (non-hydrogen) atoms. The molecule has 2 N–H and O–H groups in total. The van der Waals surface area contributed by atoms with E-state index in [9.17, 15) is 9.90 Å². The summed E-state index contributed by atoms with van der Waals surface area (Å²) < 4.78 is 12.0. The number of aliphatic hydroxyl groups is 1. The number of allylic oxidation sites excluding steroid dienone is 2. The van der Waals surface area contributed by atoms with Crippen molar-refractivity contribution in [2.75, 3.05) is 26.3 Å². The Morgan fingerprint density at radius 2 is 1.74 bits per heavy atom. The van der Waals surface area contributed by atoms with Gasteiger partial charge in [0.15, 0.2) is 0 Å². The number of rotatable bonds is 11. The molecule has 0 spiro atoms. The molecule has 0 amide bonds. The summed E-state index contributed by atoms with van der Waals surface area (Å²) >= 11 is 0. The minimum atomic E-state index is -0.755. The number of aliphatic hydroxyl groups excluding tert-OH is 1. The fourth-order valence-corrected chi connectivity index (χ4v) is 5.30. The molecule has 1 aliphatic carbocycles. The first-order chi connectivity index (χ1) is 17.1. The van der Waals surface area contributed by atoms with Crippen LogP contribution in [0, 0.1) is 5.92 Å². The number of ether oxygens (including phenoxy) is 2. The van der Waals surface area contributed by atoms with Gasteiger partial charge < -0.3 is 19.7 Å². The Bertz CT molecular complexity index is 939. The van der Waals surface area contributed by atoms with Gasteiger partial charge in [0.05, 0.1) is 32.0 Å². The minimum absolute atomic E-state index is 0.0321. The molecule has 2 fully saturated rings. The molecule has 1 saturated carbocycles. The van der Waals surface area contributed by atoms with E-state index in [1.165, 1.54) is 11.1 Å². The predicted octanol–water partition coefficient (Wildman–Crippen LogP) is 4.52. The lowest BCUT2D eigenvalue weighted by Crippen LogP contribution is -2.50. The van der Waals surface area contributed by atoms with E-state index >= 15 is 0 Å². The van der Waals surface area contributed by atoms with Crippen molar-refractivity contribution in [3.63, 3.8) is 0 Å². The molecule has 0 radical (unpaired) electrons. The molecule has 6 heteroatoms. The third kappa shape index (κ3) is 7.24. The van der Waals surface area contributed by atoms with Crippen molar-refractivity contribution >= 4 is 5.97 Å². The number of nitrogens with zero attached hydrogens (tertiary/aromatic N) is 1. The molecule has 0 aromatic heterocycles. The van der Waals surface area contributed by atoms with Crippen molar-refractivity contribution in [3.05, 3.63) is 72.3 Å². The Morgan fingerprint density at radius 1 is 1.03 bits per heavy atom. The van der Waals surface area contributed by atoms with Gasteiger partial charge in [0.25, 0.3) is 0 Å². The summed E-state index contributed by atoms with van der Waals surface area (Å²) in [7, 11) is 0. The largest absolute Gasteiger partial charge is 0.481 e. The van der Waals surface area contributed by atoms with Crippen molar-refractivity contribution in [1.29, 1.82) is 0 Å². The number of unbranched alkanes of at least 4 members (excludes halogenated alkanes) is 1. The van der Waals surface area contributed by atoms with Crippen molar-refractivity contribution in [1.82, 2.24) is 4.90 Å². The zero-order valence-electron chi connectivity index (χ0n) is 20.3. The Hall–Kier alpha value is -2.51. The van der Waals surface area contributed by atoms with Crippen molar-refractivity contribution in [2.45, 2.75) is 57.0 Å². The van der Waals surface area contributed by atoms with Gasteiger partial charge in [-0.15, -0.1) is 0 Å². The van der Waals surface area contributed by atoms with Crippen molar-refractivity contribution in [3.8, 4) is 11.1 Å². The quantitative estimate of drug-likeness (QED) is 0.364. The van der Waals surface area contributed by atoms with Gasteiger partial charge in [-0.1, -0.05) is 66.7 Å². The molecule has 0 bridgehead atoms. The van der Waals surface area contributed by atoms with E-state index in [2.05, 4.69) is 53.5 Å².